The van der Waals surface area contributed by atoms with Gasteiger partial charge in [0, 0.05) is 18.7 Å². The predicted octanol–water partition coefficient (Wildman–Crippen LogP) is 1.69. The molecule has 1 aromatic carbocycles. The van der Waals surface area contributed by atoms with Gasteiger partial charge in [0.2, 0.25) is 5.91 Å². The van der Waals surface area contributed by atoms with Crippen LogP contribution in [-0.2, 0) is 11.2 Å². The molecule has 0 saturated heterocycles. The summed E-state index contributed by atoms with van der Waals surface area (Å²) in [5.41, 5.74) is 1.98. The van der Waals surface area contributed by atoms with Crippen molar-refractivity contribution in [2.24, 2.45) is 0 Å². The molecule has 1 aliphatic heterocycles. The summed E-state index contributed by atoms with van der Waals surface area (Å²) in [6, 6.07) is 5.35. The predicted molar refractivity (Wildman–Crippen MR) is 54.4 cm³/mol. The molecule has 1 atom stereocenters. The lowest BCUT2D eigenvalue weighted by atomic mass is 10.1. The summed E-state index contributed by atoms with van der Waals surface area (Å²) in [7, 11) is 0. The minimum absolute atomic E-state index is 0.0574. The topological polar surface area (TPSA) is 40.5 Å². The second-order valence-corrected chi connectivity index (χ2v) is 3.76. The van der Waals surface area contributed by atoms with Gasteiger partial charge in [-0.15, -0.1) is 0 Å². The van der Waals surface area contributed by atoms with E-state index in [0.29, 0.717) is 0 Å². The Morgan fingerprint density at radius 3 is 2.93 bits per heavy atom. The van der Waals surface area contributed by atoms with Gasteiger partial charge >= 0.3 is 0 Å². The van der Waals surface area contributed by atoms with Gasteiger partial charge in [0.1, 0.15) is 5.75 Å². The monoisotopic (exact) mass is 191 g/mol. The summed E-state index contributed by atoms with van der Waals surface area (Å²) in [6.07, 6.45) is 0.823. The second kappa shape index (κ2) is 3.01. The number of hydrogen-bond donors (Lipinski definition) is 1. The smallest absolute Gasteiger partial charge is 0.224 e. The van der Waals surface area contributed by atoms with E-state index >= 15 is 0 Å². The maximum absolute atomic E-state index is 11.4. The molecule has 14 heavy (non-hydrogen) atoms. The number of carbonyl (C=O) groups is 1. The molecule has 0 saturated carbocycles. The first-order valence-electron chi connectivity index (χ1n) is 4.71. The van der Waals surface area contributed by atoms with Crippen LogP contribution >= 0.6 is 0 Å². The van der Waals surface area contributed by atoms with E-state index in [0.717, 1.165) is 17.7 Å². The van der Waals surface area contributed by atoms with Gasteiger partial charge in [0.05, 0.1) is 0 Å². The lowest BCUT2D eigenvalue weighted by molar-refractivity contribution is -0.116. The van der Waals surface area contributed by atoms with E-state index in [2.05, 4.69) is 0 Å². The first kappa shape index (κ1) is 9.06. The quantitative estimate of drug-likeness (QED) is 0.678. The molecule has 1 aromatic rings. The molecule has 0 spiro atoms. The number of aromatic hydroxyl groups is 1. The Hall–Kier alpha value is -1.51. The zero-order valence-electron chi connectivity index (χ0n) is 8.32. The van der Waals surface area contributed by atoms with E-state index in [1.807, 2.05) is 6.92 Å². The zero-order valence-corrected chi connectivity index (χ0v) is 8.32. The summed E-state index contributed by atoms with van der Waals surface area (Å²) < 4.78 is 0. The lowest BCUT2D eigenvalue weighted by Crippen LogP contribution is -2.33. The van der Waals surface area contributed by atoms with Crippen LogP contribution in [0, 0.1) is 0 Å². The van der Waals surface area contributed by atoms with Crippen molar-refractivity contribution in [3.8, 4) is 5.75 Å². The molecule has 3 heteroatoms. The third kappa shape index (κ3) is 1.25. The molecule has 0 bridgehead atoms. The number of rotatable bonds is 0. The fourth-order valence-electron chi connectivity index (χ4n) is 2.10. The van der Waals surface area contributed by atoms with Crippen LogP contribution in [0.3, 0.4) is 0 Å². The Labute approximate surface area is 83.0 Å². The average molecular weight is 191 g/mol. The van der Waals surface area contributed by atoms with Crippen LogP contribution in [0.5, 0.6) is 5.75 Å². The molecule has 74 valence electrons. The number of fused-ring (bicyclic) bond motifs is 1. The van der Waals surface area contributed by atoms with Crippen molar-refractivity contribution >= 4 is 11.6 Å². The van der Waals surface area contributed by atoms with E-state index in [9.17, 15) is 9.90 Å². The SMILES string of the molecule is CC(=O)N1c2ccc(O)cc2CC1C. The number of hydrogen-bond acceptors (Lipinski definition) is 2. The minimum atomic E-state index is 0.0574. The molecule has 0 radical (unpaired) electrons. The van der Waals surface area contributed by atoms with E-state index in [1.54, 1.807) is 30.0 Å². The van der Waals surface area contributed by atoms with Crippen molar-refractivity contribution < 1.29 is 9.90 Å². The Morgan fingerprint density at radius 1 is 1.57 bits per heavy atom. The highest BCUT2D eigenvalue weighted by Gasteiger charge is 2.28. The third-order valence-corrected chi connectivity index (χ3v) is 2.62. The van der Waals surface area contributed by atoms with E-state index in [-0.39, 0.29) is 17.7 Å². The average Bonchev–Trinajstić information content (AvgIpc) is 2.39. The molecular weight excluding hydrogens is 178 g/mol. The fourth-order valence-corrected chi connectivity index (χ4v) is 2.10. The molecule has 1 unspecified atom stereocenters. The normalized spacial score (nSPS) is 19.6. The molecule has 0 aromatic heterocycles. The standard InChI is InChI=1S/C11H13NO2/c1-7-5-9-6-10(14)3-4-11(9)12(7)8(2)13/h3-4,6-7,14H,5H2,1-2H3. The molecule has 1 heterocycles. The minimum Gasteiger partial charge on any atom is -0.508 e. The summed E-state index contributed by atoms with van der Waals surface area (Å²) in [4.78, 5) is 13.1. The highest BCUT2D eigenvalue weighted by atomic mass is 16.3. The first-order valence-corrected chi connectivity index (χ1v) is 4.71. The Bertz CT molecular complexity index is 387. The van der Waals surface area contributed by atoms with E-state index < -0.39 is 0 Å². The first-order chi connectivity index (χ1) is 6.59. The molecular formula is C11H13NO2. The van der Waals surface area contributed by atoms with Gasteiger partial charge in [-0.25, -0.2) is 0 Å². The summed E-state index contributed by atoms with van der Waals surface area (Å²) in [6.45, 7) is 3.58. The maximum atomic E-state index is 11.4. The number of phenols is 1. The molecule has 0 aliphatic carbocycles. The van der Waals surface area contributed by atoms with Crippen molar-refractivity contribution in [2.45, 2.75) is 26.3 Å². The van der Waals surface area contributed by atoms with Gasteiger partial charge in [0.25, 0.3) is 0 Å². The Kier molecular flexibility index (Phi) is 1.95. The largest absolute Gasteiger partial charge is 0.508 e. The van der Waals surface area contributed by atoms with Crippen LogP contribution in [0.4, 0.5) is 5.69 Å². The number of amides is 1. The lowest BCUT2D eigenvalue weighted by Gasteiger charge is -2.20. The number of phenolic OH excluding ortho intramolecular Hbond substituents is 1. The van der Waals surface area contributed by atoms with Crippen LogP contribution in [0.2, 0.25) is 0 Å². The number of carbonyl (C=O) groups excluding carboxylic acids is 1. The molecule has 1 amide bonds. The molecule has 3 nitrogen and oxygen atoms in total. The van der Waals surface area contributed by atoms with Crippen molar-refractivity contribution in [2.75, 3.05) is 4.90 Å². The van der Waals surface area contributed by atoms with Crippen molar-refractivity contribution in [3.63, 3.8) is 0 Å². The Morgan fingerprint density at radius 2 is 2.29 bits per heavy atom. The van der Waals surface area contributed by atoms with E-state index in [1.165, 1.54) is 0 Å². The van der Waals surface area contributed by atoms with Gasteiger partial charge in [-0.1, -0.05) is 0 Å². The zero-order chi connectivity index (χ0) is 10.3. The van der Waals surface area contributed by atoms with Gasteiger partial charge in [0.15, 0.2) is 0 Å². The molecule has 1 N–H and O–H groups in total. The van der Waals surface area contributed by atoms with Crippen molar-refractivity contribution in [1.82, 2.24) is 0 Å². The number of nitrogens with zero attached hydrogens (tertiary/aromatic N) is 1. The summed E-state index contributed by atoms with van der Waals surface area (Å²) in [5.74, 6) is 0.322. The van der Waals surface area contributed by atoms with Crippen LogP contribution in [0.15, 0.2) is 18.2 Å². The second-order valence-electron chi connectivity index (χ2n) is 3.76. The van der Waals surface area contributed by atoms with E-state index in [4.69, 9.17) is 0 Å². The number of benzene rings is 1. The van der Waals surface area contributed by atoms with Crippen LogP contribution in [0.1, 0.15) is 19.4 Å². The van der Waals surface area contributed by atoms with Gasteiger partial charge in [-0.05, 0) is 37.1 Å². The highest BCUT2D eigenvalue weighted by molar-refractivity contribution is 5.94. The van der Waals surface area contributed by atoms with Crippen LogP contribution in [-0.4, -0.2) is 17.1 Å². The highest BCUT2D eigenvalue weighted by Crippen LogP contribution is 2.34. The summed E-state index contributed by atoms with van der Waals surface area (Å²) >= 11 is 0. The molecule has 2 rings (SSSR count). The van der Waals surface area contributed by atoms with Gasteiger partial charge < -0.3 is 10.0 Å². The molecule has 0 fully saturated rings. The van der Waals surface area contributed by atoms with Gasteiger partial charge in [-0.3, -0.25) is 4.79 Å². The fraction of sp³-hybridized carbons (Fsp3) is 0.364. The number of anilines is 1. The molecule has 1 aliphatic rings. The van der Waals surface area contributed by atoms with Crippen LogP contribution in [0.25, 0.3) is 0 Å². The van der Waals surface area contributed by atoms with Gasteiger partial charge in [-0.2, -0.15) is 0 Å². The van der Waals surface area contributed by atoms with Crippen molar-refractivity contribution in [1.29, 1.82) is 0 Å². The third-order valence-electron chi connectivity index (χ3n) is 2.62. The Balaban J connectivity index is 2.48. The summed E-state index contributed by atoms with van der Waals surface area (Å²) in [5, 5.41) is 9.30. The van der Waals surface area contributed by atoms with Crippen molar-refractivity contribution in [3.05, 3.63) is 23.8 Å². The van der Waals surface area contributed by atoms with Crippen LogP contribution < -0.4 is 4.90 Å². The maximum Gasteiger partial charge on any atom is 0.224 e.